The highest BCUT2D eigenvalue weighted by Gasteiger charge is 2.17. The summed E-state index contributed by atoms with van der Waals surface area (Å²) in [5, 5.41) is 13.4. The van der Waals surface area contributed by atoms with Crippen LogP contribution in [0.25, 0.3) is 17.1 Å². The number of aromatic nitrogens is 3. The molecule has 0 bridgehead atoms. The maximum Gasteiger partial charge on any atom is 0.250 e. The molecule has 4 aromatic rings. The normalized spacial score (nSPS) is 11.0. The van der Waals surface area contributed by atoms with Crippen molar-refractivity contribution in [2.75, 3.05) is 12.4 Å². The Morgan fingerprint density at radius 1 is 1.09 bits per heavy atom. The summed E-state index contributed by atoms with van der Waals surface area (Å²) in [5.74, 6) is 1.40. The highest BCUT2D eigenvalue weighted by atomic mass is 79.9. The second-order valence-electron chi connectivity index (χ2n) is 7.07. The van der Waals surface area contributed by atoms with Gasteiger partial charge in [0.25, 0.3) is 5.91 Å². The van der Waals surface area contributed by atoms with E-state index in [1.54, 1.807) is 6.21 Å². The van der Waals surface area contributed by atoms with Gasteiger partial charge in [0, 0.05) is 15.7 Å². The molecule has 0 unspecified atom stereocenters. The van der Waals surface area contributed by atoms with Crippen LogP contribution in [0.5, 0.6) is 5.75 Å². The Morgan fingerprint density at radius 3 is 2.62 bits per heavy atom. The topological polar surface area (TPSA) is 81.4 Å². The van der Waals surface area contributed by atoms with Crippen LogP contribution in [-0.2, 0) is 4.79 Å². The maximum absolute atomic E-state index is 12.4. The number of carbonyl (C=O) groups is 1. The Hall–Kier alpha value is -3.43. The summed E-state index contributed by atoms with van der Waals surface area (Å²) in [6, 6.07) is 25.2. The number of carbonyl (C=O) groups excluding carboxylic acids is 1. The lowest BCUT2D eigenvalue weighted by Crippen LogP contribution is -2.20. The minimum absolute atomic E-state index is 0.143. The molecule has 9 heteroatoms. The predicted octanol–water partition coefficient (Wildman–Crippen LogP) is 5.34. The summed E-state index contributed by atoms with van der Waals surface area (Å²) in [5.41, 5.74) is 5.26. The molecular weight excluding hydrogens is 514 g/mol. The van der Waals surface area contributed by atoms with Crippen LogP contribution in [0, 0.1) is 0 Å². The zero-order chi connectivity index (χ0) is 23.8. The van der Waals surface area contributed by atoms with Crippen LogP contribution in [-0.4, -0.2) is 39.2 Å². The Morgan fingerprint density at radius 2 is 1.88 bits per heavy atom. The Kier molecular flexibility index (Phi) is 8.11. The zero-order valence-corrected chi connectivity index (χ0v) is 20.8. The molecule has 1 heterocycles. The fraction of sp³-hybridized carbons (Fsp3) is 0.120. The fourth-order valence-electron chi connectivity index (χ4n) is 3.15. The van der Waals surface area contributed by atoms with E-state index in [1.165, 1.54) is 11.8 Å². The van der Waals surface area contributed by atoms with Crippen LogP contribution in [0.1, 0.15) is 12.5 Å². The van der Waals surface area contributed by atoms with Gasteiger partial charge in [-0.2, -0.15) is 5.10 Å². The van der Waals surface area contributed by atoms with E-state index in [-0.39, 0.29) is 11.7 Å². The first-order valence-electron chi connectivity index (χ1n) is 10.6. The van der Waals surface area contributed by atoms with Crippen molar-refractivity contribution in [2.24, 2.45) is 5.10 Å². The second-order valence-corrected chi connectivity index (χ2v) is 8.93. The quantitative estimate of drug-likeness (QED) is 0.178. The number of thioether (sulfide) groups is 1. The summed E-state index contributed by atoms with van der Waals surface area (Å²) in [7, 11) is 0. The molecule has 1 N–H and O–H groups in total. The van der Waals surface area contributed by atoms with Crippen molar-refractivity contribution in [3.05, 3.63) is 88.9 Å². The van der Waals surface area contributed by atoms with Crippen LogP contribution in [0.2, 0.25) is 0 Å². The molecule has 0 aliphatic rings. The van der Waals surface area contributed by atoms with Crippen LogP contribution in [0.4, 0.5) is 0 Å². The molecule has 0 aliphatic carbocycles. The average Bonchev–Trinajstić information content (AvgIpc) is 3.29. The second kappa shape index (κ2) is 11.6. The van der Waals surface area contributed by atoms with Crippen LogP contribution < -0.4 is 10.2 Å². The maximum atomic E-state index is 12.4. The van der Waals surface area contributed by atoms with E-state index in [0.717, 1.165) is 27.0 Å². The van der Waals surface area contributed by atoms with Crippen molar-refractivity contribution in [3.63, 3.8) is 0 Å². The lowest BCUT2D eigenvalue weighted by Gasteiger charge is -2.10. The van der Waals surface area contributed by atoms with Crippen LogP contribution in [0.3, 0.4) is 0 Å². The molecular formula is C25H22BrN5O2S. The number of benzene rings is 3. The van der Waals surface area contributed by atoms with Gasteiger partial charge in [-0.25, -0.2) is 5.43 Å². The number of nitrogens with zero attached hydrogens (tertiary/aromatic N) is 4. The lowest BCUT2D eigenvalue weighted by molar-refractivity contribution is -0.118. The molecule has 0 saturated heterocycles. The first-order chi connectivity index (χ1) is 16.6. The van der Waals surface area contributed by atoms with E-state index in [0.29, 0.717) is 17.6 Å². The molecule has 0 spiro atoms. The molecule has 1 aromatic heterocycles. The van der Waals surface area contributed by atoms with E-state index in [1.807, 2.05) is 90.4 Å². The van der Waals surface area contributed by atoms with Gasteiger partial charge in [-0.1, -0.05) is 58.0 Å². The van der Waals surface area contributed by atoms with Gasteiger partial charge in [0.1, 0.15) is 5.75 Å². The van der Waals surface area contributed by atoms with Crippen molar-refractivity contribution in [1.29, 1.82) is 0 Å². The molecule has 0 atom stereocenters. The monoisotopic (exact) mass is 535 g/mol. The number of nitrogens with one attached hydrogen (secondary N) is 1. The minimum atomic E-state index is -0.237. The molecule has 7 nitrogen and oxygen atoms in total. The largest absolute Gasteiger partial charge is 0.494 e. The SMILES string of the molecule is CCOc1ccc(/C=N/NC(=O)CSc2nnc(-c3cccc(Br)c3)n2-c2ccccc2)cc1. The third-order valence-electron chi connectivity index (χ3n) is 4.66. The van der Waals surface area contributed by atoms with Crippen molar-refractivity contribution < 1.29 is 9.53 Å². The molecule has 0 saturated carbocycles. The van der Waals surface area contributed by atoms with E-state index in [9.17, 15) is 4.79 Å². The summed E-state index contributed by atoms with van der Waals surface area (Å²) in [6.45, 7) is 2.55. The minimum Gasteiger partial charge on any atom is -0.494 e. The van der Waals surface area contributed by atoms with Crippen molar-refractivity contribution >= 4 is 39.8 Å². The van der Waals surface area contributed by atoms with Crippen molar-refractivity contribution in [1.82, 2.24) is 20.2 Å². The number of para-hydroxylation sites is 1. The highest BCUT2D eigenvalue weighted by Crippen LogP contribution is 2.29. The van der Waals surface area contributed by atoms with Crippen molar-refractivity contribution in [2.45, 2.75) is 12.1 Å². The number of rotatable bonds is 9. The summed E-state index contributed by atoms with van der Waals surface area (Å²) >= 11 is 4.81. The third kappa shape index (κ3) is 6.12. The number of hydrogen-bond acceptors (Lipinski definition) is 6. The smallest absolute Gasteiger partial charge is 0.250 e. The summed E-state index contributed by atoms with van der Waals surface area (Å²) < 4.78 is 8.32. The zero-order valence-electron chi connectivity index (χ0n) is 18.4. The van der Waals surface area contributed by atoms with Crippen molar-refractivity contribution in [3.8, 4) is 22.8 Å². The van der Waals surface area contributed by atoms with Gasteiger partial charge in [-0.05, 0) is 61.0 Å². The number of ether oxygens (including phenoxy) is 1. The van der Waals surface area contributed by atoms with E-state index >= 15 is 0 Å². The van der Waals surface area contributed by atoms with E-state index < -0.39 is 0 Å². The number of hydrazone groups is 1. The molecule has 172 valence electrons. The van der Waals surface area contributed by atoms with Crippen LogP contribution >= 0.6 is 27.7 Å². The molecule has 34 heavy (non-hydrogen) atoms. The highest BCUT2D eigenvalue weighted by molar-refractivity contribution is 9.10. The number of halogens is 1. The Labute approximate surface area is 210 Å². The molecule has 4 rings (SSSR count). The first-order valence-corrected chi connectivity index (χ1v) is 12.4. The van der Waals surface area contributed by atoms with E-state index in [4.69, 9.17) is 4.74 Å². The summed E-state index contributed by atoms with van der Waals surface area (Å²) in [4.78, 5) is 12.4. The van der Waals surface area contributed by atoms with Gasteiger partial charge < -0.3 is 4.74 Å². The Bertz CT molecular complexity index is 1280. The van der Waals surface area contributed by atoms with Crippen LogP contribution in [0.15, 0.2) is 93.6 Å². The average molecular weight is 536 g/mol. The third-order valence-corrected chi connectivity index (χ3v) is 6.08. The molecule has 1 amide bonds. The van der Waals surface area contributed by atoms with E-state index in [2.05, 4.69) is 36.7 Å². The number of amides is 1. The Balaban J connectivity index is 1.45. The van der Waals surface area contributed by atoms with Gasteiger partial charge >= 0.3 is 0 Å². The molecule has 0 aliphatic heterocycles. The first kappa shape index (κ1) is 23.7. The van der Waals surface area contributed by atoms with Gasteiger partial charge in [0.15, 0.2) is 11.0 Å². The van der Waals surface area contributed by atoms with Gasteiger partial charge in [0.05, 0.1) is 18.6 Å². The standard InChI is InChI=1S/C25H22BrN5O2S/c1-2-33-22-13-11-18(12-14-22)16-27-28-23(32)17-34-25-30-29-24(19-7-6-8-20(26)15-19)31(25)21-9-4-3-5-10-21/h3-16H,2,17H2,1H3,(H,28,32)/b27-16+. The predicted molar refractivity (Wildman–Crippen MR) is 139 cm³/mol. The fourth-order valence-corrected chi connectivity index (χ4v) is 4.29. The van der Waals surface area contributed by atoms with Gasteiger partial charge in [-0.3, -0.25) is 9.36 Å². The molecule has 3 aromatic carbocycles. The number of hydrogen-bond donors (Lipinski definition) is 1. The lowest BCUT2D eigenvalue weighted by atomic mass is 10.2. The summed E-state index contributed by atoms with van der Waals surface area (Å²) in [6.07, 6.45) is 1.59. The molecule has 0 fully saturated rings. The molecule has 0 radical (unpaired) electrons. The van der Waals surface area contributed by atoms with Gasteiger partial charge in [-0.15, -0.1) is 10.2 Å². The van der Waals surface area contributed by atoms with Gasteiger partial charge in [0.2, 0.25) is 0 Å².